The fraction of sp³-hybridized carbons (Fsp3) is 0.750. The van der Waals surface area contributed by atoms with Gasteiger partial charge < -0.3 is 37.6 Å². The molecule has 0 aliphatic rings. The molecule has 0 radical (unpaired) electrons. The molecule has 0 saturated carbocycles. The summed E-state index contributed by atoms with van der Waals surface area (Å²) in [5, 5.41) is 24.9. The van der Waals surface area contributed by atoms with Gasteiger partial charge in [0.25, 0.3) is 0 Å². The molecule has 0 fully saturated rings. The Morgan fingerprint density at radius 2 is 1.64 bits per heavy atom. The number of rotatable bonds is 15. The summed E-state index contributed by atoms with van der Waals surface area (Å²) in [6, 6.07) is -3.07. The van der Waals surface area contributed by atoms with Gasteiger partial charge in [0.2, 0.25) is 17.7 Å². The summed E-state index contributed by atoms with van der Waals surface area (Å²) in [5.74, 6) is -2.69. The van der Waals surface area contributed by atoms with E-state index in [1.807, 2.05) is 6.26 Å². The molecule has 0 aliphatic carbocycles. The molecule has 9 N–H and O–H groups in total. The number of nitrogens with two attached hydrogens (primary N) is 2. The van der Waals surface area contributed by atoms with E-state index >= 15 is 0 Å². The molecule has 0 saturated heterocycles. The average Bonchev–Trinajstić information content (AvgIpc) is 2.66. The Bertz CT molecular complexity index is 522. The molecule has 0 rings (SSSR count). The Morgan fingerprint density at radius 3 is 2.18 bits per heavy atom. The molecule has 3 unspecified atom stereocenters. The molecule has 3 atom stereocenters. The van der Waals surface area contributed by atoms with Crippen LogP contribution >= 0.6 is 11.8 Å². The zero-order chi connectivity index (χ0) is 21.5. The normalized spacial score (nSPS) is 13.9. The highest BCUT2D eigenvalue weighted by Crippen LogP contribution is 2.04. The van der Waals surface area contributed by atoms with Gasteiger partial charge >= 0.3 is 5.97 Å². The molecule has 3 amide bonds. The number of hydrogen-bond donors (Lipinski definition) is 7. The Kier molecular flexibility index (Phi) is 14.1. The lowest BCUT2D eigenvalue weighted by Crippen LogP contribution is -2.57. The lowest BCUT2D eigenvalue weighted by Gasteiger charge is -2.23. The Balaban J connectivity index is 4.87. The zero-order valence-corrected chi connectivity index (χ0v) is 16.8. The minimum absolute atomic E-state index is 0.295. The summed E-state index contributed by atoms with van der Waals surface area (Å²) in [7, 11) is 0. The molecule has 0 aromatic heterocycles. The summed E-state index contributed by atoms with van der Waals surface area (Å²) >= 11 is 1.47. The number of hydrogen-bond acceptors (Lipinski definition) is 8. The van der Waals surface area contributed by atoms with Crippen molar-refractivity contribution in [2.45, 2.75) is 43.8 Å². The molecule has 0 heterocycles. The third kappa shape index (κ3) is 11.1. The minimum atomic E-state index is -1.33. The first-order chi connectivity index (χ1) is 13.3. The van der Waals surface area contributed by atoms with Crippen molar-refractivity contribution >= 4 is 35.5 Å². The van der Waals surface area contributed by atoms with Gasteiger partial charge in [0.05, 0.1) is 12.6 Å². The monoisotopic (exact) mass is 421 g/mol. The van der Waals surface area contributed by atoms with Gasteiger partial charge in [-0.15, -0.1) is 0 Å². The standard InChI is InChI=1S/C16H31N5O6S/c1-28-7-5-11(20-14(25)10(18)4-2-3-6-17)16(27)21-12(9-22)15(26)19-8-13(23)24/h10-12,22H,2-9,17-18H2,1H3,(H,19,26)(H,20,25)(H,21,27)(H,23,24). The highest BCUT2D eigenvalue weighted by Gasteiger charge is 2.27. The van der Waals surface area contributed by atoms with Crippen LogP contribution in [-0.4, -0.2) is 83.7 Å². The molecule has 162 valence electrons. The molecule has 11 nitrogen and oxygen atoms in total. The topological polar surface area (TPSA) is 197 Å². The van der Waals surface area contributed by atoms with Gasteiger partial charge in [0.15, 0.2) is 0 Å². The van der Waals surface area contributed by atoms with E-state index in [2.05, 4.69) is 16.0 Å². The Morgan fingerprint density at radius 1 is 1.00 bits per heavy atom. The molecule has 0 aromatic rings. The van der Waals surface area contributed by atoms with Crippen LogP contribution in [0, 0.1) is 0 Å². The third-order valence-corrected chi connectivity index (χ3v) is 4.42. The summed E-state index contributed by atoms with van der Waals surface area (Å²) in [6.45, 7) is -0.867. The molecule has 0 aliphatic heterocycles. The number of carboxylic acids is 1. The Hall–Kier alpha value is -1.89. The Labute approximate surface area is 168 Å². The predicted molar refractivity (Wildman–Crippen MR) is 105 cm³/mol. The van der Waals surface area contributed by atoms with Crippen molar-refractivity contribution in [1.82, 2.24) is 16.0 Å². The fourth-order valence-electron chi connectivity index (χ4n) is 2.18. The fourth-order valence-corrected chi connectivity index (χ4v) is 2.65. The van der Waals surface area contributed by atoms with Crippen LogP contribution < -0.4 is 27.4 Å². The number of amides is 3. The maximum atomic E-state index is 12.5. The van der Waals surface area contributed by atoms with E-state index < -0.39 is 55.0 Å². The molecule has 0 bridgehead atoms. The van der Waals surface area contributed by atoms with Gasteiger partial charge in [-0.2, -0.15) is 11.8 Å². The number of aliphatic hydroxyl groups excluding tert-OH is 1. The molecular weight excluding hydrogens is 390 g/mol. The van der Waals surface area contributed by atoms with Crippen LogP contribution in [0.2, 0.25) is 0 Å². The van der Waals surface area contributed by atoms with Crippen LogP contribution in [0.5, 0.6) is 0 Å². The summed E-state index contributed by atoms with van der Waals surface area (Å²) in [4.78, 5) is 47.1. The van der Waals surface area contributed by atoms with Crippen molar-refractivity contribution in [3.8, 4) is 0 Å². The van der Waals surface area contributed by atoms with E-state index in [1.54, 1.807) is 0 Å². The maximum Gasteiger partial charge on any atom is 0.322 e. The number of aliphatic carboxylic acids is 1. The molecule has 0 aromatic carbocycles. The van der Waals surface area contributed by atoms with Crippen LogP contribution in [0.4, 0.5) is 0 Å². The minimum Gasteiger partial charge on any atom is -0.480 e. The number of unbranched alkanes of at least 4 members (excludes halogenated alkanes) is 1. The molecule has 12 heteroatoms. The molecular formula is C16H31N5O6S. The second-order valence-corrected chi connectivity index (χ2v) is 7.07. The summed E-state index contributed by atoms with van der Waals surface area (Å²) in [5.41, 5.74) is 11.2. The van der Waals surface area contributed by atoms with Crippen molar-refractivity contribution in [2.24, 2.45) is 11.5 Å². The first-order valence-electron chi connectivity index (χ1n) is 8.92. The average molecular weight is 422 g/mol. The van der Waals surface area contributed by atoms with Gasteiger partial charge in [-0.3, -0.25) is 19.2 Å². The van der Waals surface area contributed by atoms with E-state index in [0.29, 0.717) is 31.6 Å². The number of aliphatic hydroxyl groups is 1. The van der Waals surface area contributed by atoms with Crippen molar-refractivity contribution < 1.29 is 29.4 Å². The highest BCUT2D eigenvalue weighted by molar-refractivity contribution is 7.98. The number of nitrogens with one attached hydrogen (secondary N) is 3. The van der Waals surface area contributed by atoms with Crippen LogP contribution in [0.15, 0.2) is 0 Å². The molecule has 0 spiro atoms. The van der Waals surface area contributed by atoms with Crippen molar-refractivity contribution in [3.05, 3.63) is 0 Å². The van der Waals surface area contributed by atoms with Gasteiger partial charge in [0, 0.05) is 0 Å². The number of thioether (sulfide) groups is 1. The summed E-state index contributed by atoms with van der Waals surface area (Å²) < 4.78 is 0. The SMILES string of the molecule is CSCCC(NC(=O)C(N)CCCCN)C(=O)NC(CO)C(=O)NCC(=O)O. The second kappa shape index (κ2) is 15.1. The maximum absolute atomic E-state index is 12.5. The van der Waals surface area contributed by atoms with Crippen LogP contribution in [0.25, 0.3) is 0 Å². The smallest absolute Gasteiger partial charge is 0.322 e. The largest absolute Gasteiger partial charge is 0.480 e. The lowest BCUT2D eigenvalue weighted by molar-refractivity contribution is -0.139. The van der Waals surface area contributed by atoms with Gasteiger partial charge in [-0.05, 0) is 37.8 Å². The number of carbonyl (C=O) groups is 4. The van der Waals surface area contributed by atoms with Crippen molar-refractivity contribution in [1.29, 1.82) is 0 Å². The molecule has 28 heavy (non-hydrogen) atoms. The van der Waals surface area contributed by atoms with Gasteiger partial charge in [0.1, 0.15) is 18.6 Å². The van der Waals surface area contributed by atoms with E-state index in [0.717, 1.165) is 6.42 Å². The van der Waals surface area contributed by atoms with Gasteiger partial charge in [-0.1, -0.05) is 6.42 Å². The first-order valence-corrected chi connectivity index (χ1v) is 10.3. The van der Waals surface area contributed by atoms with E-state index in [9.17, 15) is 24.3 Å². The van der Waals surface area contributed by atoms with E-state index in [4.69, 9.17) is 16.6 Å². The zero-order valence-electron chi connectivity index (χ0n) is 16.0. The highest BCUT2D eigenvalue weighted by atomic mass is 32.2. The number of carbonyl (C=O) groups excluding carboxylic acids is 3. The second-order valence-electron chi connectivity index (χ2n) is 6.09. The third-order valence-electron chi connectivity index (χ3n) is 3.78. The van der Waals surface area contributed by atoms with Gasteiger partial charge in [-0.25, -0.2) is 0 Å². The van der Waals surface area contributed by atoms with Crippen LogP contribution in [-0.2, 0) is 19.2 Å². The first kappa shape index (κ1) is 26.1. The van der Waals surface area contributed by atoms with E-state index in [-0.39, 0.29) is 0 Å². The van der Waals surface area contributed by atoms with E-state index in [1.165, 1.54) is 11.8 Å². The van der Waals surface area contributed by atoms with Crippen molar-refractivity contribution in [3.63, 3.8) is 0 Å². The summed E-state index contributed by atoms with van der Waals surface area (Å²) in [6.07, 6.45) is 3.98. The van der Waals surface area contributed by atoms with Crippen molar-refractivity contribution in [2.75, 3.05) is 31.7 Å². The lowest BCUT2D eigenvalue weighted by atomic mass is 10.1. The van der Waals surface area contributed by atoms with Crippen LogP contribution in [0.1, 0.15) is 25.7 Å². The number of carboxylic acid groups (broad SMARTS) is 1. The predicted octanol–water partition coefficient (Wildman–Crippen LogP) is -2.64. The quantitative estimate of drug-likeness (QED) is 0.138. The van der Waals surface area contributed by atoms with Crippen LogP contribution in [0.3, 0.4) is 0 Å².